The first kappa shape index (κ1) is 21.2. The molecule has 1 atom stereocenters. The van der Waals surface area contributed by atoms with Crippen molar-refractivity contribution in [1.29, 1.82) is 5.26 Å². The second-order valence-corrected chi connectivity index (χ2v) is 8.28. The van der Waals surface area contributed by atoms with Gasteiger partial charge >= 0.3 is 0 Å². The lowest BCUT2D eigenvalue weighted by Gasteiger charge is -2.27. The lowest BCUT2D eigenvalue weighted by Crippen LogP contribution is -2.36. The topological polar surface area (TPSA) is 70.3 Å². The Hall–Kier alpha value is -3.04. The SMILES string of the molecule is CCn1c(C2=CC=C(C(=O)N3CCCNCC3)C(C)C2)c(C#N)c2ccc(OC)cc21. The molecule has 0 saturated carbocycles. The lowest BCUT2D eigenvalue weighted by atomic mass is 9.85. The van der Waals surface area contributed by atoms with E-state index in [4.69, 9.17) is 4.74 Å². The number of rotatable bonds is 4. The van der Waals surface area contributed by atoms with Gasteiger partial charge in [0.15, 0.2) is 0 Å². The van der Waals surface area contributed by atoms with E-state index in [9.17, 15) is 10.1 Å². The summed E-state index contributed by atoms with van der Waals surface area (Å²) in [6.45, 7) is 8.32. The Morgan fingerprint density at radius 2 is 2.13 bits per heavy atom. The van der Waals surface area contributed by atoms with E-state index in [0.717, 1.165) is 79.1 Å². The Bertz CT molecular complexity index is 1090. The molecule has 0 radical (unpaired) electrons. The summed E-state index contributed by atoms with van der Waals surface area (Å²) in [6.07, 6.45) is 5.75. The molecule has 2 aromatic rings. The highest BCUT2D eigenvalue weighted by atomic mass is 16.5. The number of hydrogen-bond acceptors (Lipinski definition) is 4. The summed E-state index contributed by atoms with van der Waals surface area (Å²) >= 11 is 0. The first-order chi connectivity index (χ1) is 15.1. The molecule has 162 valence electrons. The second kappa shape index (κ2) is 8.99. The number of hydrogen-bond donors (Lipinski definition) is 1. The molecule has 31 heavy (non-hydrogen) atoms. The first-order valence-electron chi connectivity index (χ1n) is 11.1. The molecular weight excluding hydrogens is 388 g/mol. The van der Waals surface area contributed by atoms with Crippen LogP contribution in [0.15, 0.2) is 35.9 Å². The van der Waals surface area contributed by atoms with E-state index in [1.165, 1.54) is 0 Å². The summed E-state index contributed by atoms with van der Waals surface area (Å²) in [4.78, 5) is 15.1. The van der Waals surface area contributed by atoms with Crippen molar-refractivity contribution in [3.8, 4) is 11.8 Å². The van der Waals surface area contributed by atoms with Gasteiger partial charge in [-0.1, -0.05) is 19.1 Å². The maximum Gasteiger partial charge on any atom is 0.250 e. The van der Waals surface area contributed by atoms with Crippen molar-refractivity contribution in [2.45, 2.75) is 33.2 Å². The number of carbonyl (C=O) groups excluding carboxylic acids is 1. The fraction of sp³-hybridized carbons (Fsp3) is 0.440. The maximum absolute atomic E-state index is 13.1. The fourth-order valence-electron chi connectivity index (χ4n) is 4.78. The number of nitrogens with one attached hydrogen (secondary N) is 1. The Balaban J connectivity index is 1.75. The van der Waals surface area contributed by atoms with Gasteiger partial charge in [-0.15, -0.1) is 0 Å². The Morgan fingerprint density at radius 1 is 1.29 bits per heavy atom. The van der Waals surface area contributed by atoms with Crippen LogP contribution in [0.4, 0.5) is 0 Å². The number of aryl methyl sites for hydroxylation is 1. The first-order valence-corrected chi connectivity index (χ1v) is 11.1. The molecule has 1 unspecified atom stereocenters. The van der Waals surface area contributed by atoms with Gasteiger partial charge < -0.3 is 19.5 Å². The number of benzene rings is 1. The molecule has 1 fully saturated rings. The summed E-state index contributed by atoms with van der Waals surface area (Å²) in [5.74, 6) is 1.03. The van der Waals surface area contributed by atoms with Gasteiger partial charge in [-0.2, -0.15) is 5.26 Å². The van der Waals surface area contributed by atoms with Crippen LogP contribution in [-0.2, 0) is 11.3 Å². The largest absolute Gasteiger partial charge is 0.497 e. The summed E-state index contributed by atoms with van der Waals surface area (Å²) < 4.78 is 7.60. The molecule has 1 saturated heterocycles. The number of ether oxygens (including phenoxy) is 1. The Morgan fingerprint density at radius 3 is 2.84 bits per heavy atom. The minimum Gasteiger partial charge on any atom is -0.497 e. The number of amides is 1. The van der Waals surface area contributed by atoms with Gasteiger partial charge in [-0.25, -0.2) is 0 Å². The summed E-state index contributed by atoms with van der Waals surface area (Å²) in [7, 11) is 1.65. The van der Waals surface area contributed by atoms with Gasteiger partial charge in [0.2, 0.25) is 5.91 Å². The number of carbonyl (C=O) groups is 1. The molecular formula is C25H30N4O2. The number of nitriles is 1. The van der Waals surface area contributed by atoms with E-state index < -0.39 is 0 Å². The van der Waals surface area contributed by atoms with E-state index in [0.29, 0.717) is 5.56 Å². The highest BCUT2D eigenvalue weighted by molar-refractivity contribution is 5.97. The van der Waals surface area contributed by atoms with Crippen LogP contribution in [0, 0.1) is 17.2 Å². The number of methoxy groups -OCH3 is 1. The second-order valence-electron chi connectivity index (χ2n) is 8.28. The zero-order chi connectivity index (χ0) is 22.0. The van der Waals surface area contributed by atoms with E-state index >= 15 is 0 Å². The van der Waals surface area contributed by atoms with E-state index in [-0.39, 0.29) is 11.8 Å². The monoisotopic (exact) mass is 418 g/mol. The van der Waals surface area contributed by atoms with Gasteiger partial charge in [0.1, 0.15) is 11.8 Å². The van der Waals surface area contributed by atoms with Crippen LogP contribution in [-0.4, -0.2) is 48.7 Å². The van der Waals surface area contributed by atoms with Crippen molar-refractivity contribution in [2.24, 2.45) is 5.92 Å². The molecule has 4 rings (SSSR count). The van der Waals surface area contributed by atoms with Gasteiger partial charge in [-0.3, -0.25) is 4.79 Å². The van der Waals surface area contributed by atoms with Crippen LogP contribution in [0.2, 0.25) is 0 Å². The van der Waals surface area contributed by atoms with E-state index in [2.05, 4.69) is 29.8 Å². The van der Waals surface area contributed by atoms with E-state index in [1.54, 1.807) is 7.11 Å². The number of allylic oxidation sites excluding steroid dienone is 3. The molecule has 1 aliphatic heterocycles. The number of fused-ring (bicyclic) bond motifs is 1. The van der Waals surface area contributed by atoms with Crippen LogP contribution in [0.1, 0.15) is 37.9 Å². The molecule has 1 N–H and O–H groups in total. The third-order valence-corrected chi connectivity index (χ3v) is 6.40. The zero-order valence-electron chi connectivity index (χ0n) is 18.6. The Kier molecular flexibility index (Phi) is 6.15. The molecule has 1 aromatic carbocycles. The van der Waals surface area contributed by atoms with Gasteiger partial charge in [0, 0.05) is 43.2 Å². The maximum atomic E-state index is 13.1. The quantitative estimate of drug-likeness (QED) is 0.822. The van der Waals surface area contributed by atoms with E-state index in [1.807, 2.05) is 35.3 Å². The van der Waals surface area contributed by atoms with Crippen LogP contribution < -0.4 is 10.1 Å². The fourth-order valence-corrected chi connectivity index (χ4v) is 4.78. The van der Waals surface area contributed by atoms with Crippen molar-refractivity contribution < 1.29 is 9.53 Å². The molecule has 0 spiro atoms. The van der Waals surface area contributed by atoms with Crippen LogP contribution in [0.5, 0.6) is 5.75 Å². The minimum absolute atomic E-state index is 0.105. The molecule has 2 heterocycles. The van der Waals surface area contributed by atoms with Gasteiger partial charge in [-0.05, 0) is 49.9 Å². The highest BCUT2D eigenvalue weighted by Crippen LogP contribution is 2.38. The molecule has 1 amide bonds. The van der Waals surface area contributed by atoms with Crippen molar-refractivity contribution in [3.05, 3.63) is 47.2 Å². The third-order valence-electron chi connectivity index (χ3n) is 6.40. The highest BCUT2D eigenvalue weighted by Gasteiger charge is 2.28. The molecule has 1 aliphatic carbocycles. The molecule has 2 aliphatic rings. The third kappa shape index (κ3) is 3.86. The number of aromatic nitrogens is 1. The van der Waals surface area contributed by atoms with Crippen molar-refractivity contribution in [1.82, 2.24) is 14.8 Å². The molecule has 1 aromatic heterocycles. The van der Waals surface area contributed by atoms with Crippen LogP contribution in [0.25, 0.3) is 16.5 Å². The van der Waals surface area contributed by atoms with Crippen molar-refractivity contribution >= 4 is 22.4 Å². The normalized spacial score (nSPS) is 19.4. The predicted octanol–water partition coefficient (Wildman–Crippen LogP) is 3.71. The molecule has 6 nitrogen and oxygen atoms in total. The van der Waals surface area contributed by atoms with Crippen molar-refractivity contribution in [3.63, 3.8) is 0 Å². The standard InChI is InChI=1S/C25H30N4O2/c1-4-29-23-15-19(31-3)7-9-21(23)22(16-26)24(29)18-6-8-20(17(2)14-18)25(30)28-12-5-10-27-11-13-28/h6-9,15,17,27H,4-5,10-14H2,1-3H3. The van der Waals surface area contributed by atoms with Crippen LogP contribution in [0.3, 0.4) is 0 Å². The lowest BCUT2D eigenvalue weighted by molar-refractivity contribution is -0.127. The van der Waals surface area contributed by atoms with Crippen molar-refractivity contribution in [2.75, 3.05) is 33.3 Å². The smallest absolute Gasteiger partial charge is 0.250 e. The molecule has 0 bridgehead atoms. The number of nitrogens with zero attached hydrogens (tertiary/aromatic N) is 3. The average Bonchev–Trinajstić information content (AvgIpc) is 2.92. The van der Waals surface area contributed by atoms with Crippen LogP contribution >= 0.6 is 0 Å². The summed E-state index contributed by atoms with van der Waals surface area (Å²) in [5, 5.41) is 14.3. The zero-order valence-corrected chi connectivity index (χ0v) is 18.6. The summed E-state index contributed by atoms with van der Waals surface area (Å²) in [5.41, 5.74) is 4.63. The predicted molar refractivity (Wildman–Crippen MR) is 123 cm³/mol. The summed E-state index contributed by atoms with van der Waals surface area (Å²) in [6, 6.07) is 8.29. The Labute approximate surface area is 183 Å². The van der Waals surface area contributed by atoms with Gasteiger partial charge in [0.05, 0.1) is 23.9 Å². The minimum atomic E-state index is 0.105. The van der Waals surface area contributed by atoms with Gasteiger partial charge in [0.25, 0.3) is 0 Å². The molecule has 6 heteroatoms. The average molecular weight is 419 g/mol.